The highest BCUT2D eigenvalue weighted by Gasteiger charge is 2.08. The van der Waals surface area contributed by atoms with Crippen molar-refractivity contribution in [1.82, 2.24) is 10.2 Å². The van der Waals surface area contributed by atoms with Gasteiger partial charge in [-0.3, -0.25) is 14.5 Å². The van der Waals surface area contributed by atoms with Gasteiger partial charge in [-0.15, -0.1) is 0 Å². The van der Waals surface area contributed by atoms with E-state index >= 15 is 0 Å². The molecule has 0 aromatic rings. The van der Waals surface area contributed by atoms with E-state index < -0.39 is 5.97 Å². The van der Waals surface area contributed by atoms with E-state index in [-0.39, 0.29) is 18.9 Å². The van der Waals surface area contributed by atoms with Crippen molar-refractivity contribution in [3.8, 4) is 0 Å². The van der Waals surface area contributed by atoms with E-state index in [2.05, 4.69) is 30.6 Å². The van der Waals surface area contributed by atoms with Gasteiger partial charge in [0.25, 0.3) is 0 Å². The lowest BCUT2D eigenvalue weighted by molar-refractivity contribution is -0.137. The zero-order chi connectivity index (χ0) is 17.5. The number of thiol groups is 2. The molecule has 23 heavy (non-hydrogen) atoms. The smallest absolute Gasteiger partial charge is 0.304 e. The second kappa shape index (κ2) is 15.1. The van der Waals surface area contributed by atoms with Crippen molar-refractivity contribution in [3.63, 3.8) is 0 Å². The molecule has 136 valence electrons. The molecular weight excluding hydrogens is 336 g/mol. The molecule has 0 spiro atoms. The molecule has 1 unspecified atom stereocenters. The number of carboxylic acid groups (broad SMARTS) is 1. The van der Waals surface area contributed by atoms with Crippen LogP contribution in [0.2, 0.25) is 0 Å². The molecule has 0 radical (unpaired) electrons. The number of carbonyl (C=O) groups excluding carboxylic acids is 1. The number of hydrogen-bond acceptors (Lipinski definition) is 6. The minimum absolute atomic E-state index is 0.0112. The van der Waals surface area contributed by atoms with Gasteiger partial charge in [0.15, 0.2) is 0 Å². The van der Waals surface area contributed by atoms with Crippen molar-refractivity contribution in [3.05, 3.63) is 0 Å². The maximum absolute atomic E-state index is 11.7. The van der Waals surface area contributed by atoms with Crippen LogP contribution < -0.4 is 5.32 Å². The molecule has 0 aliphatic heterocycles. The van der Waals surface area contributed by atoms with Crippen molar-refractivity contribution in [2.24, 2.45) is 0 Å². The molecule has 0 aromatic carbocycles. The number of nitrogens with zero attached hydrogens (tertiary/aromatic N) is 1. The van der Waals surface area contributed by atoms with Crippen molar-refractivity contribution in [1.29, 1.82) is 0 Å². The zero-order valence-corrected chi connectivity index (χ0v) is 15.4. The molecule has 0 saturated heterocycles. The number of aliphatic carboxylic acids is 1. The predicted molar refractivity (Wildman–Crippen MR) is 98.5 cm³/mol. The number of rotatable bonds is 15. The molecule has 0 fully saturated rings. The summed E-state index contributed by atoms with van der Waals surface area (Å²) in [5.41, 5.74) is 0. The Balaban J connectivity index is 3.71. The molecule has 1 amide bonds. The lowest BCUT2D eigenvalue weighted by Gasteiger charge is -2.20. The topological polar surface area (TPSA) is 89.9 Å². The maximum atomic E-state index is 11.7. The summed E-state index contributed by atoms with van der Waals surface area (Å²) in [5, 5.41) is 20.8. The molecule has 0 heterocycles. The van der Waals surface area contributed by atoms with Crippen molar-refractivity contribution >= 4 is 37.1 Å². The monoisotopic (exact) mass is 366 g/mol. The van der Waals surface area contributed by atoms with Crippen molar-refractivity contribution < 1.29 is 19.8 Å². The number of nitrogens with one attached hydrogen (secondary N) is 1. The average molecular weight is 367 g/mol. The molecule has 8 heteroatoms. The predicted octanol–water partition coefficient (Wildman–Crippen LogP) is 1.05. The van der Waals surface area contributed by atoms with Crippen LogP contribution in [0.25, 0.3) is 0 Å². The quantitative estimate of drug-likeness (QED) is 0.221. The second-order valence-electron chi connectivity index (χ2n) is 5.47. The Morgan fingerprint density at radius 1 is 1.09 bits per heavy atom. The number of aliphatic hydroxyl groups is 1. The van der Waals surface area contributed by atoms with Gasteiger partial charge in [0, 0.05) is 37.8 Å². The highest BCUT2D eigenvalue weighted by Crippen LogP contribution is 2.12. The van der Waals surface area contributed by atoms with Gasteiger partial charge in [-0.1, -0.05) is 6.42 Å². The first kappa shape index (κ1) is 22.6. The van der Waals surface area contributed by atoms with Crippen LogP contribution in [-0.2, 0) is 9.59 Å². The molecule has 3 N–H and O–H groups in total. The number of amides is 1. The Morgan fingerprint density at radius 3 is 2.43 bits per heavy atom. The number of carboxylic acids is 1. The van der Waals surface area contributed by atoms with Crippen LogP contribution in [0.3, 0.4) is 0 Å². The second-order valence-corrected chi connectivity index (χ2v) is 6.65. The minimum Gasteiger partial charge on any atom is -0.481 e. The van der Waals surface area contributed by atoms with Gasteiger partial charge in [0.05, 0.1) is 13.0 Å². The number of carbonyl (C=O) groups is 2. The highest BCUT2D eigenvalue weighted by molar-refractivity contribution is 7.81. The summed E-state index contributed by atoms with van der Waals surface area (Å²) in [5.74, 6) is -0.0181. The summed E-state index contributed by atoms with van der Waals surface area (Å²) in [6.07, 6.45) is 4.33. The lowest BCUT2D eigenvalue weighted by atomic mass is 10.1. The van der Waals surface area contributed by atoms with Crippen LogP contribution in [-0.4, -0.2) is 70.8 Å². The summed E-state index contributed by atoms with van der Waals surface area (Å²) in [6, 6.07) is 0. The van der Waals surface area contributed by atoms with Crippen LogP contribution in [0, 0.1) is 0 Å². The Bertz CT molecular complexity index is 333. The van der Waals surface area contributed by atoms with Crippen LogP contribution >= 0.6 is 25.3 Å². The Kier molecular flexibility index (Phi) is 14.8. The first-order valence-corrected chi connectivity index (χ1v) is 9.25. The normalized spacial score (nSPS) is 12.3. The molecule has 0 rings (SSSR count). The number of aliphatic hydroxyl groups excluding tert-OH is 1. The fraction of sp³-hybridized carbons (Fsp3) is 0.867. The van der Waals surface area contributed by atoms with E-state index in [0.717, 1.165) is 31.4 Å². The maximum Gasteiger partial charge on any atom is 0.304 e. The van der Waals surface area contributed by atoms with Gasteiger partial charge >= 0.3 is 5.97 Å². The van der Waals surface area contributed by atoms with Gasteiger partial charge in [-0.2, -0.15) is 25.3 Å². The first-order chi connectivity index (χ1) is 11.0. The van der Waals surface area contributed by atoms with Crippen LogP contribution in [0.15, 0.2) is 0 Å². The van der Waals surface area contributed by atoms with Gasteiger partial charge in [-0.25, -0.2) is 0 Å². The van der Waals surface area contributed by atoms with Gasteiger partial charge < -0.3 is 15.5 Å². The van der Waals surface area contributed by atoms with Gasteiger partial charge in [-0.05, 0) is 25.0 Å². The number of unbranched alkanes of at least 4 members (excludes halogenated alkanes) is 1. The fourth-order valence-corrected chi connectivity index (χ4v) is 2.96. The molecule has 0 aliphatic rings. The molecule has 0 bridgehead atoms. The van der Waals surface area contributed by atoms with E-state index in [0.29, 0.717) is 37.8 Å². The van der Waals surface area contributed by atoms with Crippen molar-refractivity contribution in [2.45, 2.75) is 43.8 Å². The lowest BCUT2D eigenvalue weighted by Crippen LogP contribution is -2.37. The SMILES string of the molecule is O=C(O)CCN(CCO)CCNC(=O)CCCCC(S)CCS. The van der Waals surface area contributed by atoms with E-state index in [1.807, 2.05) is 4.90 Å². The molecular formula is C15H30N2O4S2. The third-order valence-electron chi connectivity index (χ3n) is 3.46. The molecule has 1 atom stereocenters. The van der Waals surface area contributed by atoms with E-state index in [9.17, 15) is 9.59 Å². The minimum atomic E-state index is -0.864. The summed E-state index contributed by atoms with van der Waals surface area (Å²) >= 11 is 8.62. The van der Waals surface area contributed by atoms with E-state index in [4.69, 9.17) is 10.2 Å². The molecule has 0 aliphatic carbocycles. The van der Waals surface area contributed by atoms with Gasteiger partial charge in [0.1, 0.15) is 0 Å². The average Bonchev–Trinajstić information content (AvgIpc) is 2.49. The standard InChI is InChI=1S/C15H30N2O4S2/c18-11-10-17(8-5-15(20)21)9-7-16-14(19)4-2-1-3-13(23)6-12-22/h13,18,22-23H,1-12H2,(H,16,19)(H,20,21). The highest BCUT2D eigenvalue weighted by atomic mass is 32.1. The van der Waals surface area contributed by atoms with Crippen LogP contribution in [0.1, 0.15) is 38.5 Å². The fourth-order valence-electron chi connectivity index (χ4n) is 2.13. The third-order valence-corrected chi connectivity index (χ3v) is 4.24. The summed E-state index contributed by atoms with van der Waals surface area (Å²) < 4.78 is 0. The Hall–Kier alpha value is -0.440. The number of hydrogen-bond donors (Lipinski definition) is 5. The summed E-state index contributed by atoms with van der Waals surface area (Å²) in [7, 11) is 0. The Labute approximate surface area is 149 Å². The molecule has 0 aromatic heterocycles. The van der Waals surface area contributed by atoms with Gasteiger partial charge in [0.2, 0.25) is 5.91 Å². The van der Waals surface area contributed by atoms with Crippen LogP contribution in [0.4, 0.5) is 0 Å². The van der Waals surface area contributed by atoms with Crippen LogP contribution in [0.5, 0.6) is 0 Å². The van der Waals surface area contributed by atoms with Crippen molar-refractivity contribution in [2.75, 3.05) is 38.5 Å². The third kappa shape index (κ3) is 14.9. The largest absolute Gasteiger partial charge is 0.481 e. The zero-order valence-electron chi connectivity index (χ0n) is 13.6. The van der Waals surface area contributed by atoms with E-state index in [1.54, 1.807) is 0 Å². The van der Waals surface area contributed by atoms with E-state index in [1.165, 1.54) is 0 Å². The first-order valence-electron chi connectivity index (χ1n) is 8.10. The molecule has 0 saturated carbocycles. The molecule has 6 nitrogen and oxygen atoms in total. The summed E-state index contributed by atoms with van der Waals surface area (Å²) in [6.45, 7) is 1.77. The Morgan fingerprint density at radius 2 is 1.83 bits per heavy atom. The summed E-state index contributed by atoms with van der Waals surface area (Å²) in [4.78, 5) is 24.1.